The first-order chi connectivity index (χ1) is 12.4. The molecular formula is C19H20N2O5. The van der Waals surface area contributed by atoms with Crippen molar-refractivity contribution in [1.29, 1.82) is 0 Å². The highest BCUT2D eigenvalue weighted by molar-refractivity contribution is 5.96. The fourth-order valence-electron chi connectivity index (χ4n) is 2.20. The molecule has 0 aliphatic heterocycles. The average molecular weight is 356 g/mol. The number of benzene rings is 2. The zero-order valence-electron chi connectivity index (χ0n) is 14.5. The van der Waals surface area contributed by atoms with Crippen LogP contribution in [0, 0.1) is 0 Å². The molecule has 0 unspecified atom stereocenters. The number of nitrogens with two attached hydrogens (primary N) is 1. The third kappa shape index (κ3) is 5.34. The number of amides is 2. The van der Waals surface area contributed by atoms with E-state index in [2.05, 4.69) is 5.32 Å². The smallest absolute Gasteiger partial charge is 0.311 e. The summed E-state index contributed by atoms with van der Waals surface area (Å²) in [5.41, 5.74) is 6.69. The quantitative estimate of drug-likeness (QED) is 0.737. The van der Waals surface area contributed by atoms with Crippen molar-refractivity contribution in [2.24, 2.45) is 5.73 Å². The van der Waals surface area contributed by atoms with E-state index >= 15 is 0 Å². The Labute approximate surface area is 151 Å². The van der Waals surface area contributed by atoms with Crippen molar-refractivity contribution >= 4 is 23.5 Å². The van der Waals surface area contributed by atoms with Crippen LogP contribution in [0.5, 0.6) is 5.75 Å². The molecule has 2 amide bonds. The standard InChI is InChI=1S/C19H20N2O5/c1-12(19(24)21-15-8-6-14(7-9-15)18(20)23)26-17(22)11-13-4-3-5-16(10-13)25-2/h3-10,12H,11H2,1-2H3,(H2,20,23)(H,21,24)/t12-/m1/s1. The van der Waals surface area contributed by atoms with Gasteiger partial charge in [-0.1, -0.05) is 12.1 Å². The maximum atomic E-state index is 12.1. The van der Waals surface area contributed by atoms with Gasteiger partial charge < -0.3 is 20.5 Å². The summed E-state index contributed by atoms with van der Waals surface area (Å²) in [6, 6.07) is 13.1. The monoisotopic (exact) mass is 356 g/mol. The lowest BCUT2D eigenvalue weighted by Gasteiger charge is -2.14. The zero-order valence-corrected chi connectivity index (χ0v) is 14.5. The number of esters is 1. The normalized spacial score (nSPS) is 11.3. The van der Waals surface area contributed by atoms with Crippen LogP contribution in [-0.2, 0) is 20.7 Å². The predicted octanol–water partition coefficient (Wildman–Crippen LogP) is 1.91. The van der Waals surface area contributed by atoms with E-state index in [0.717, 1.165) is 5.56 Å². The van der Waals surface area contributed by atoms with Crippen molar-refractivity contribution in [1.82, 2.24) is 0 Å². The summed E-state index contributed by atoms with van der Waals surface area (Å²) in [6.07, 6.45) is -0.939. The Kier molecular flexibility index (Phi) is 6.32. The van der Waals surface area contributed by atoms with Crippen molar-refractivity contribution < 1.29 is 23.9 Å². The highest BCUT2D eigenvalue weighted by Crippen LogP contribution is 2.14. The third-order valence-electron chi connectivity index (χ3n) is 3.60. The van der Waals surface area contributed by atoms with E-state index < -0.39 is 23.9 Å². The Morgan fingerprint density at radius 2 is 1.81 bits per heavy atom. The maximum absolute atomic E-state index is 12.1. The zero-order chi connectivity index (χ0) is 19.1. The van der Waals surface area contributed by atoms with E-state index in [-0.39, 0.29) is 6.42 Å². The van der Waals surface area contributed by atoms with E-state index in [0.29, 0.717) is 17.0 Å². The Hall–Kier alpha value is -3.35. The molecule has 0 heterocycles. The SMILES string of the molecule is COc1cccc(CC(=O)O[C@H](C)C(=O)Nc2ccc(C(N)=O)cc2)c1. The number of carbonyl (C=O) groups excluding carboxylic acids is 3. The van der Waals surface area contributed by atoms with Crippen LogP contribution in [-0.4, -0.2) is 31.0 Å². The van der Waals surface area contributed by atoms with E-state index in [1.54, 1.807) is 43.5 Å². The molecule has 0 saturated carbocycles. The van der Waals surface area contributed by atoms with Gasteiger partial charge in [0.2, 0.25) is 5.91 Å². The number of methoxy groups -OCH3 is 1. The Bertz CT molecular complexity index is 802. The number of ether oxygens (including phenoxy) is 2. The van der Waals surface area contributed by atoms with Crippen LogP contribution in [0.4, 0.5) is 5.69 Å². The van der Waals surface area contributed by atoms with Gasteiger partial charge in [-0.15, -0.1) is 0 Å². The number of rotatable bonds is 7. The van der Waals surface area contributed by atoms with E-state index in [4.69, 9.17) is 15.2 Å². The molecule has 0 aliphatic carbocycles. The van der Waals surface area contributed by atoms with Gasteiger partial charge >= 0.3 is 5.97 Å². The molecule has 0 bridgehead atoms. The molecule has 26 heavy (non-hydrogen) atoms. The molecule has 2 aromatic rings. The summed E-state index contributed by atoms with van der Waals surface area (Å²) in [5, 5.41) is 2.61. The van der Waals surface area contributed by atoms with Gasteiger partial charge in [-0.2, -0.15) is 0 Å². The number of hydrogen-bond acceptors (Lipinski definition) is 5. The molecule has 0 radical (unpaired) electrons. The lowest BCUT2D eigenvalue weighted by Crippen LogP contribution is -2.30. The summed E-state index contributed by atoms with van der Waals surface area (Å²) in [7, 11) is 1.54. The average Bonchev–Trinajstić information content (AvgIpc) is 2.62. The highest BCUT2D eigenvalue weighted by Gasteiger charge is 2.18. The first kappa shape index (κ1) is 19.0. The summed E-state index contributed by atoms with van der Waals surface area (Å²) in [5.74, 6) is -0.913. The second-order valence-electron chi connectivity index (χ2n) is 5.59. The van der Waals surface area contributed by atoms with Gasteiger partial charge in [0.1, 0.15) is 5.75 Å². The topological polar surface area (TPSA) is 108 Å². The lowest BCUT2D eigenvalue weighted by molar-refractivity contribution is -0.152. The fourth-order valence-corrected chi connectivity index (χ4v) is 2.20. The number of primary amides is 1. The number of nitrogens with one attached hydrogen (secondary N) is 1. The molecule has 7 heteroatoms. The number of hydrogen-bond donors (Lipinski definition) is 2. The van der Waals surface area contributed by atoms with E-state index in [1.807, 2.05) is 0 Å². The van der Waals surface area contributed by atoms with Crippen molar-refractivity contribution in [3.63, 3.8) is 0 Å². The van der Waals surface area contributed by atoms with Crippen LogP contribution >= 0.6 is 0 Å². The third-order valence-corrected chi connectivity index (χ3v) is 3.60. The molecule has 2 rings (SSSR count). The Morgan fingerprint density at radius 1 is 1.12 bits per heavy atom. The van der Waals surface area contributed by atoms with Crippen molar-refractivity contribution in [2.75, 3.05) is 12.4 Å². The van der Waals surface area contributed by atoms with Crippen LogP contribution in [0.25, 0.3) is 0 Å². The largest absolute Gasteiger partial charge is 0.497 e. The molecule has 0 spiro atoms. The van der Waals surface area contributed by atoms with Crippen LogP contribution in [0.1, 0.15) is 22.8 Å². The van der Waals surface area contributed by atoms with Crippen LogP contribution in [0.15, 0.2) is 48.5 Å². The summed E-state index contributed by atoms with van der Waals surface area (Å²) in [4.78, 5) is 35.1. The minimum absolute atomic E-state index is 0.0299. The molecule has 3 N–H and O–H groups in total. The van der Waals surface area contributed by atoms with Gasteiger partial charge in [0.15, 0.2) is 6.10 Å². The van der Waals surface area contributed by atoms with E-state index in [9.17, 15) is 14.4 Å². The van der Waals surface area contributed by atoms with Crippen molar-refractivity contribution in [3.8, 4) is 5.75 Å². The fraction of sp³-hybridized carbons (Fsp3) is 0.211. The molecule has 0 saturated heterocycles. The van der Waals surface area contributed by atoms with Crippen LogP contribution in [0.3, 0.4) is 0 Å². The van der Waals surface area contributed by atoms with Gasteiger partial charge in [-0.3, -0.25) is 14.4 Å². The summed E-state index contributed by atoms with van der Waals surface area (Å²) in [6.45, 7) is 1.48. The van der Waals surface area contributed by atoms with Gasteiger partial charge in [0.05, 0.1) is 13.5 Å². The second-order valence-corrected chi connectivity index (χ2v) is 5.59. The first-order valence-electron chi connectivity index (χ1n) is 7.92. The molecule has 7 nitrogen and oxygen atoms in total. The van der Waals surface area contributed by atoms with Gasteiger partial charge in [-0.05, 0) is 48.9 Å². The maximum Gasteiger partial charge on any atom is 0.311 e. The predicted molar refractivity (Wildman–Crippen MR) is 95.8 cm³/mol. The Morgan fingerprint density at radius 3 is 2.42 bits per heavy atom. The van der Waals surface area contributed by atoms with Crippen molar-refractivity contribution in [2.45, 2.75) is 19.4 Å². The highest BCUT2D eigenvalue weighted by atomic mass is 16.5. The second kappa shape index (κ2) is 8.66. The van der Waals surface area contributed by atoms with Crippen molar-refractivity contribution in [3.05, 3.63) is 59.7 Å². The molecule has 0 aromatic heterocycles. The number of anilines is 1. The molecule has 136 valence electrons. The van der Waals surface area contributed by atoms with Gasteiger partial charge in [0.25, 0.3) is 5.91 Å². The Balaban J connectivity index is 1.89. The summed E-state index contributed by atoms with van der Waals surface area (Å²) < 4.78 is 10.3. The van der Waals surface area contributed by atoms with Gasteiger partial charge in [0, 0.05) is 11.3 Å². The molecule has 1 atom stereocenters. The lowest BCUT2D eigenvalue weighted by atomic mass is 10.1. The van der Waals surface area contributed by atoms with E-state index in [1.165, 1.54) is 19.1 Å². The first-order valence-corrected chi connectivity index (χ1v) is 7.92. The summed E-state index contributed by atoms with van der Waals surface area (Å²) >= 11 is 0. The molecule has 2 aromatic carbocycles. The minimum atomic E-state index is -0.969. The molecular weight excluding hydrogens is 336 g/mol. The van der Waals surface area contributed by atoms with Crippen LogP contribution in [0.2, 0.25) is 0 Å². The van der Waals surface area contributed by atoms with Gasteiger partial charge in [-0.25, -0.2) is 0 Å². The minimum Gasteiger partial charge on any atom is -0.497 e. The van der Waals surface area contributed by atoms with Crippen LogP contribution < -0.4 is 15.8 Å². The molecule has 0 fully saturated rings. The number of carbonyl (C=O) groups is 3. The molecule has 0 aliphatic rings.